The number of aryl methyl sites for hydroxylation is 1. The van der Waals surface area contributed by atoms with Gasteiger partial charge in [-0.3, -0.25) is 13.9 Å². The van der Waals surface area contributed by atoms with Crippen LogP contribution in [0, 0.1) is 6.92 Å². The van der Waals surface area contributed by atoms with Crippen molar-refractivity contribution >= 4 is 62.3 Å². The van der Waals surface area contributed by atoms with Crippen LogP contribution in [0.3, 0.4) is 0 Å². The third-order valence-corrected chi connectivity index (χ3v) is 11.6. The van der Waals surface area contributed by atoms with E-state index in [1.54, 1.807) is 37.3 Å². The van der Waals surface area contributed by atoms with Crippen molar-refractivity contribution in [1.82, 2.24) is 10.2 Å². The number of benzene rings is 4. The Labute approximate surface area is 310 Å². The lowest BCUT2D eigenvalue weighted by atomic mass is 10.0. The summed E-state index contributed by atoms with van der Waals surface area (Å²) in [6, 6.07) is 20.8. The molecule has 0 bridgehead atoms. The van der Waals surface area contributed by atoms with Crippen LogP contribution in [0.25, 0.3) is 0 Å². The first kappa shape index (κ1) is 38.5. The summed E-state index contributed by atoms with van der Waals surface area (Å²) in [5.41, 5.74) is 0.247. The SMILES string of the molecule is Cc1ccc(S(=O)(=O)N(CC(=O)N(Cc2ccc(Cl)c(Cl)c2)[C@@H](Cc2ccccc2)C(=O)NC2CCCC2)c2ccc(Cl)c(C(F)(F)F)c2)cc1. The smallest absolute Gasteiger partial charge is 0.352 e. The Bertz CT molecular complexity index is 1970. The predicted octanol–water partition coefficient (Wildman–Crippen LogP) is 8.87. The molecule has 5 rings (SSSR count). The summed E-state index contributed by atoms with van der Waals surface area (Å²) >= 11 is 18.4. The first-order valence-electron chi connectivity index (χ1n) is 16.2. The number of halogens is 6. The molecule has 1 atom stereocenters. The number of nitrogens with zero attached hydrogens (tertiary/aromatic N) is 2. The van der Waals surface area contributed by atoms with E-state index in [9.17, 15) is 31.2 Å². The number of sulfonamides is 1. The third-order valence-electron chi connectivity index (χ3n) is 8.74. The minimum absolute atomic E-state index is 0.0658. The number of carbonyl (C=O) groups is 2. The molecule has 14 heteroatoms. The molecule has 2 amide bonds. The first-order chi connectivity index (χ1) is 24.1. The van der Waals surface area contributed by atoms with E-state index in [2.05, 4.69) is 5.32 Å². The maximum atomic E-state index is 14.7. The van der Waals surface area contributed by atoms with Crippen molar-refractivity contribution in [3.05, 3.63) is 128 Å². The third kappa shape index (κ3) is 9.57. The number of nitrogens with one attached hydrogen (secondary N) is 1. The van der Waals surface area contributed by atoms with Crippen LogP contribution in [0.1, 0.15) is 47.9 Å². The van der Waals surface area contributed by atoms with E-state index in [0.29, 0.717) is 15.9 Å². The second-order valence-electron chi connectivity index (χ2n) is 12.5. The van der Waals surface area contributed by atoms with Gasteiger partial charge in [-0.1, -0.05) is 102 Å². The molecule has 1 fully saturated rings. The Morgan fingerprint density at radius 3 is 2.12 bits per heavy atom. The average molecular weight is 781 g/mol. The Balaban J connectivity index is 1.62. The van der Waals surface area contributed by atoms with Crippen molar-refractivity contribution in [3.63, 3.8) is 0 Å². The number of rotatable bonds is 12. The van der Waals surface area contributed by atoms with Gasteiger partial charge in [-0.2, -0.15) is 13.2 Å². The van der Waals surface area contributed by atoms with Gasteiger partial charge in [0.15, 0.2) is 0 Å². The van der Waals surface area contributed by atoms with Crippen molar-refractivity contribution in [1.29, 1.82) is 0 Å². The molecule has 1 aliphatic rings. The number of hydrogen-bond donors (Lipinski definition) is 1. The predicted molar refractivity (Wildman–Crippen MR) is 194 cm³/mol. The van der Waals surface area contributed by atoms with Gasteiger partial charge in [0.1, 0.15) is 12.6 Å². The van der Waals surface area contributed by atoms with Crippen LogP contribution in [0.2, 0.25) is 15.1 Å². The molecule has 4 aromatic carbocycles. The summed E-state index contributed by atoms with van der Waals surface area (Å²) in [4.78, 5) is 29.8. The van der Waals surface area contributed by atoms with Crippen molar-refractivity contribution in [3.8, 4) is 0 Å². The fourth-order valence-electron chi connectivity index (χ4n) is 6.01. The molecule has 0 spiro atoms. The van der Waals surface area contributed by atoms with E-state index in [0.717, 1.165) is 48.9 Å². The summed E-state index contributed by atoms with van der Waals surface area (Å²) in [5, 5.41) is 2.88. The second-order valence-corrected chi connectivity index (χ2v) is 15.5. The van der Waals surface area contributed by atoms with E-state index in [-0.39, 0.29) is 33.9 Å². The molecule has 1 N–H and O–H groups in total. The Kier molecular flexibility index (Phi) is 12.3. The van der Waals surface area contributed by atoms with Gasteiger partial charge in [-0.15, -0.1) is 0 Å². The minimum atomic E-state index is -4.92. The summed E-state index contributed by atoms with van der Waals surface area (Å²) in [5.74, 6) is -1.29. The largest absolute Gasteiger partial charge is 0.417 e. The maximum absolute atomic E-state index is 14.7. The molecule has 51 heavy (non-hydrogen) atoms. The van der Waals surface area contributed by atoms with E-state index in [4.69, 9.17) is 34.8 Å². The zero-order chi connectivity index (χ0) is 36.9. The molecule has 1 aliphatic carbocycles. The van der Waals surface area contributed by atoms with Gasteiger partial charge in [-0.05, 0) is 73.4 Å². The van der Waals surface area contributed by atoms with Crippen LogP contribution in [-0.4, -0.2) is 43.8 Å². The molecule has 0 unspecified atom stereocenters. The summed E-state index contributed by atoms with van der Waals surface area (Å²) in [6.45, 7) is 0.605. The molecule has 270 valence electrons. The second kappa shape index (κ2) is 16.3. The number of anilines is 1. The molecular formula is C37H35Cl3F3N3O4S. The first-order valence-corrected chi connectivity index (χ1v) is 18.7. The van der Waals surface area contributed by atoms with Crippen LogP contribution in [-0.2, 0) is 38.8 Å². The number of amides is 2. The van der Waals surface area contributed by atoms with Gasteiger partial charge in [0.25, 0.3) is 10.0 Å². The van der Waals surface area contributed by atoms with Crippen molar-refractivity contribution in [2.45, 2.75) is 68.7 Å². The summed E-state index contributed by atoms with van der Waals surface area (Å²) in [7, 11) is -4.65. The van der Waals surface area contributed by atoms with Crippen LogP contribution in [0.5, 0.6) is 0 Å². The fraction of sp³-hybridized carbons (Fsp3) is 0.297. The van der Waals surface area contributed by atoms with Gasteiger partial charge in [-0.25, -0.2) is 8.42 Å². The highest BCUT2D eigenvalue weighted by atomic mass is 35.5. The average Bonchev–Trinajstić information content (AvgIpc) is 3.60. The number of alkyl halides is 3. The lowest BCUT2D eigenvalue weighted by molar-refractivity contribution is -0.140. The van der Waals surface area contributed by atoms with Crippen LogP contribution in [0.4, 0.5) is 18.9 Å². The molecular weight excluding hydrogens is 746 g/mol. The molecule has 0 heterocycles. The Hall–Kier alpha value is -3.77. The van der Waals surface area contributed by atoms with E-state index in [1.165, 1.54) is 41.3 Å². The molecule has 4 aromatic rings. The van der Waals surface area contributed by atoms with Crippen LogP contribution < -0.4 is 9.62 Å². The minimum Gasteiger partial charge on any atom is -0.352 e. The molecule has 0 aliphatic heterocycles. The van der Waals surface area contributed by atoms with Crippen LogP contribution in [0.15, 0.2) is 95.9 Å². The summed E-state index contributed by atoms with van der Waals surface area (Å²) < 4.78 is 71.2. The maximum Gasteiger partial charge on any atom is 0.417 e. The normalized spacial score (nSPS) is 14.3. The van der Waals surface area contributed by atoms with Crippen molar-refractivity contribution in [2.24, 2.45) is 0 Å². The molecule has 7 nitrogen and oxygen atoms in total. The topological polar surface area (TPSA) is 86.8 Å². The Morgan fingerprint density at radius 1 is 0.843 bits per heavy atom. The van der Waals surface area contributed by atoms with Gasteiger partial charge in [0.2, 0.25) is 11.8 Å². The molecule has 1 saturated carbocycles. The Morgan fingerprint density at radius 2 is 1.49 bits per heavy atom. The van der Waals surface area contributed by atoms with Crippen molar-refractivity contribution < 1.29 is 31.2 Å². The fourth-order valence-corrected chi connectivity index (χ4v) is 7.96. The quantitative estimate of drug-likeness (QED) is 0.156. The van der Waals surface area contributed by atoms with Crippen LogP contribution >= 0.6 is 34.8 Å². The lowest BCUT2D eigenvalue weighted by Crippen LogP contribution is -2.54. The van der Waals surface area contributed by atoms with E-state index < -0.39 is 56.9 Å². The van der Waals surface area contributed by atoms with Gasteiger partial charge in [0.05, 0.1) is 31.2 Å². The molecule has 0 radical (unpaired) electrons. The highest BCUT2D eigenvalue weighted by molar-refractivity contribution is 7.92. The number of hydrogen-bond acceptors (Lipinski definition) is 4. The molecule has 0 saturated heterocycles. The highest BCUT2D eigenvalue weighted by Gasteiger charge is 2.38. The highest BCUT2D eigenvalue weighted by Crippen LogP contribution is 2.38. The zero-order valence-corrected chi connectivity index (χ0v) is 30.6. The number of carbonyl (C=O) groups excluding carboxylic acids is 2. The monoisotopic (exact) mass is 779 g/mol. The summed E-state index contributed by atoms with van der Waals surface area (Å²) in [6.07, 6.45) is -1.44. The molecule has 0 aromatic heterocycles. The van der Waals surface area contributed by atoms with E-state index >= 15 is 0 Å². The van der Waals surface area contributed by atoms with Gasteiger partial charge in [0, 0.05) is 19.0 Å². The lowest BCUT2D eigenvalue weighted by Gasteiger charge is -2.34. The van der Waals surface area contributed by atoms with Gasteiger partial charge < -0.3 is 10.2 Å². The standard InChI is InChI=1S/C37H35Cl3F3N3O4S/c1-24-11-15-29(16-12-24)51(49,50)46(28-14-18-31(38)30(21-28)37(41,42)43)23-35(47)45(22-26-13-17-32(39)33(40)19-26)34(20-25-7-3-2-4-8-25)36(48)44-27-9-5-6-10-27/h2-4,7-8,11-19,21,27,34H,5-6,9-10,20,22-23H2,1H3,(H,44,48)/t34-/m0/s1. The zero-order valence-electron chi connectivity index (χ0n) is 27.5. The van der Waals surface area contributed by atoms with Crippen molar-refractivity contribution in [2.75, 3.05) is 10.8 Å². The van der Waals surface area contributed by atoms with Gasteiger partial charge >= 0.3 is 6.18 Å². The van der Waals surface area contributed by atoms with E-state index in [1.807, 2.05) is 6.07 Å².